The minimum absolute atomic E-state index is 0.0344. The summed E-state index contributed by atoms with van der Waals surface area (Å²) in [6.07, 6.45) is 2.09. The maximum Gasteiger partial charge on any atom is 0.258 e. The molecular weight excluding hydrogens is 349 g/mol. The SMILES string of the molecule is N#CCC(=O)N1CC[C@@H](Nc2nc3cc[nH]c(=O)c3c3cc(F)ccc23)C1. The van der Waals surface area contributed by atoms with E-state index in [9.17, 15) is 14.0 Å². The van der Waals surface area contributed by atoms with E-state index < -0.39 is 5.82 Å². The van der Waals surface area contributed by atoms with Crippen LogP contribution in [0.15, 0.2) is 35.3 Å². The maximum atomic E-state index is 13.8. The Morgan fingerprint density at radius 2 is 2.26 bits per heavy atom. The summed E-state index contributed by atoms with van der Waals surface area (Å²) in [5.41, 5.74) is 0.144. The van der Waals surface area contributed by atoms with Crippen LogP contribution in [0.5, 0.6) is 0 Å². The lowest BCUT2D eigenvalue weighted by atomic mass is 10.1. The Kier molecular flexibility index (Phi) is 4.20. The van der Waals surface area contributed by atoms with Crippen molar-refractivity contribution in [1.82, 2.24) is 14.9 Å². The van der Waals surface area contributed by atoms with Crippen molar-refractivity contribution >= 4 is 33.4 Å². The van der Waals surface area contributed by atoms with Gasteiger partial charge in [0.1, 0.15) is 18.1 Å². The van der Waals surface area contributed by atoms with Gasteiger partial charge in [0.05, 0.1) is 17.0 Å². The second kappa shape index (κ2) is 6.68. The summed E-state index contributed by atoms with van der Waals surface area (Å²) in [5, 5.41) is 13.5. The van der Waals surface area contributed by atoms with Gasteiger partial charge in [0.15, 0.2) is 0 Å². The number of likely N-dealkylation sites (tertiary alicyclic amines) is 1. The third-order valence-corrected chi connectivity index (χ3v) is 4.79. The Bertz CT molecular complexity index is 1150. The molecule has 2 N–H and O–H groups in total. The van der Waals surface area contributed by atoms with Gasteiger partial charge in [-0.15, -0.1) is 0 Å². The molecule has 1 atom stereocenters. The lowest BCUT2D eigenvalue weighted by Gasteiger charge is -2.18. The summed E-state index contributed by atoms with van der Waals surface area (Å²) in [5.74, 6) is -0.0761. The van der Waals surface area contributed by atoms with Crippen LogP contribution >= 0.6 is 0 Å². The molecule has 0 unspecified atom stereocenters. The van der Waals surface area contributed by atoms with Gasteiger partial charge in [-0.25, -0.2) is 9.37 Å². The van der Waals surface area contributed by atoms with Gasteiger partial charge in [0.25, 0.3) is 5.56 Å². The normalized spacial score (nSPS) is 16.6. The number of rotatable bonds is 3. The van der Waals surface area contributed by atoms with E-state index in [0.29, 0.717) is 40.6 Å². The predicted octanol–water partition coefficient (Wildman–Crippen LogP) is 2.14. The fourth-order valence-corrected chi connectivity index (χ4v) is 3.52. The summed E-state index contributed by atoms with van der Waals surface area (Å²) in [7, 11) is 0. The highest BCUT2D eigenvalue weighted by Crippen LogP contribution is 2.29. The average molecular weight is 365 g/mol. The number of fused-ring (bicyclic) bond motifs is 3. The number of nitriles is 1. The molecule has 3 aromatic rings. The molecule has 27 heavy (non-hydrogen) atoms. The number of H-pyrrole nitrogens is 1. The highest BCUT2D eigenvalue weighted by molar-refractivity contribution is 6.09. The highest BCUT2D eigenvalue weighted by Gasteiger charge is 2.26. The largest absolute Gasteiger partial charge is 0.365 e. The van der Waals surface area contributed by atoms with Gasteiger partial charge in [0.2, 0.25) is 5.91 Å². The Balaban J connectivity index is 1.73. The fourth-order valence-electron chi connectivity index (χ4n) is 3.52. The first-order chi connectivity index (χ1) is 13.1. The minimum atomic E-state index is -0.432. The molecule has 7 nitrogen and oxygen atoms in total. The van der Waals surface area contributed by atoms with Gasteiger partial charge in [0, 0.05) is 36.1 Å². The van der Waals surface area contributed by atoms with Crippen LogP contribution in [0.2, 0.25) is 0 Å². The average Bonchev–Trinajstić information content (AvgIpc) is 3.10. The molecule has 1 saturated heterocycles. The fraction of sp³-hybridized carbons (Fsp3) is 0.263. The number of nitrogens with one attached hydrogen (secondary N) is 2. The predicted molar refractivity (Wildman–Crippen MR) is 98.7 cm³/mol. The molecule has 0 saturated carbocycles. The van der Waals surface area contributed by atoms with Crippen LogP contribution in [0, 0.1) is 17.1 Å². The van der Waals surface area contributed by atoms with Crippen molar-refractivity contribution in [2.75, 3.05) is 18.4 Å². The smallest absolute Gasteiger partial charge is 0.258 e. The molecule has 4 rings (SSSR count). The van der Waals surface area contributed by atoms with Gasteiger partial charge >= 0.3 is 0 Å². The molecule has 3 heterocycles. The highest BCUT2D eigenvalue weighted by atomic mass is 19.1. The summed E-state index contributed by atoms with van der Waals surface area (Å²) < 4.78 is 13.8. The molecule has 2 aromatic heterocycles. The number of anilines is 1. The Hall–Kier alpha value is -3.47. The van der Waals surface area contributed by atoms with Crippen molar-refractivity contribution in [2.45, 2.75) is 18.9 Å². The van der Waals surface area contributed by atoms with Gasteiger partial charge in [-0.05, 0) is 30.7 Å². The first kappa shape index (κ1) is 17.0. The standard InChI is InChI=1S/C19H16FN5O2/c20-11-1-2-13-14(9-11)17-15(4-7-22-19(17)27)24-18(13)23-12-5-8-25(10-12)16(26)3-6-21/h1-2,4,7,9,12H,3,5,8,10H2,(H,22,27)(H,23,24)/t12-/m1/s1. The van der Waals surface area contributed by atoms with E-state index in [2.05, 4.69) is 15.3 Å². The van der Waals surface area contributed by atoms with Crippen LogP contribution in [0.4, 0.5) is 10.2 Å². The molecule has 0 spiro atoms. The number of hydrogen-bond acceptors (Lipinski definition) is 5. The molecular formula is C19H16FN5O2. The van der Waals surface area contributed by atoms with Gasteiger partial charge in [-0.1, -0.05) is 0 Å². The molecule has 1 aromatic carbocycles. The molecule has 1 amide bonds. The number of pyridine rings is 2. The second-order valence-corrected chi connectivity index (χ2v) is 6.52. The number of nitrogens with zero attached hydrogens (tertiary/aromatic N) is 3. The molecule has 0 bridgehead atoms. The molecule has 1 fully saturated rings. The van der Waals surface area contributed by atoms with Crippen molar-refractivity contribution in [3.05, 3.63) is 46.6 Å². The van der Waals surface area contributed by atoms with Crippen molar-refractivity contribution < 1.29 is 9.18 Å². The topological polar surface area (TPSA) is 102 Å². The Labute approximate surface area is 153 Å². The summed E-state index contributed by atoms with van der Waals surface area (Å²) in [6, 6.07) is 7.76. The third kappa shape index (κ3) is 3.08. The molecule has 8 heteroatoms. The van der Waals surface area contributed by atoms with E-state index in [4.69, 9.17) is 5.26 Å². The van der Waals surface area contributed by atoms with Gasteiger partial charge in [-0.2, -0.15) is 5.26 Å². The molecule has 0 aliphatic carbocycles. The second-order valence-electron chi connectivity index (χ2n) is 6.52. The number of aromatic nitrogens is 2. The monoisotopic (exact) mass is 365 g/mol. The van der Waals surface area contributed by atoms with Crippen LogP contribution in [0.25, 0.3) is 21.7 Å². The zero-order valence-electron chi connectivity index (χ0n) is 14.3. The zero-order chi connectivity index (χ0) is 19.0. The zero-order valence-corrected chi connectivity index (χ0v) is 14.3. The Morgan fingerprint density at radius 1 is 1.41 bits per heavy atom. The van der Waals surface area contributed by atoms with Crippen LogP contribution in [0.1, 0.15) is 12.8 Å². The number of hydrogen-bond donors (Lipinski definition) is 2. The van der Waals surface area contributed by atoms with E-state index in [1.165, 1.54) is 18.3 Å². The minimum Gasteiger partial charge on any atom is -0.365 e. The van der Waals surface area contributed by atoms with E-state index in [1.54, 1.807) is 17.0 Å². The number of halogens is 1. The number of amides is 1. The number of carbonyl (C=O) groups is 1. The van der Waals surface area contributed by atoms with E-state index in [0.717, 1.165) is 6.42 Å². The van der Waals surface area contributed by atoms with E-state index in [-0.39, 0.29) is 23.9 Å². The first-order valence-corrected chi connectivity index (χ1v) is 8.59. The van der Waals surface area contributed by atoms with Crippen LogP contribution < -0.4 is 10.9 Å². The third-order valence-electron chi connectivity index (χ3n) is 4.79. The summed E-state index contributed by atoms with van der Waals surface area (Å²) >= 11 is 0. The van der Waals surface area contributed by atoms with E-state index >= 15 is 0 Å². The van der Waals surface area contributed by atoms with Crippen molar-refractivity contribution in [3.8, 4) is 6.07 Å². The lowest BCUT2D eigenvalue weighted by Crippen LogP contribution is -2.31. The van der Waals surface area contributed by atoms with Crippen LogP contribution in [-0.4, -0.2) is 39.9 Å². The van der Waals surface area contributed by atoms with Crippen LogP contribution in [-0.2, 0) is 4.79 Å². The molecule has 1 aliphatic rings. The maximum absolute atomic E-state index is 13.8. The lowest BCUT2D eigenvalue weighted by molar-refractivity contribution is -0.129. The summed E-state index contributed by atoms with van der Waals surface area (Å²) in [4.78, 5) is 32.9. The van der Waals surface area contributed by atoms with Crippen molar-refractivity contribution in [3.63, 3.8) is 0 Å². The Morgan fingerprint density at radius 3 is 3.07 bits per heavy atom. The summed E-state index contributed by atoms with van der Waals surface area (Å²) in [6.45, 7) is 1.04. The van der Waals surface area contributed by atoms with Crippen LogP contribution in [0.3, 0.4) is 0 Å². The first-order valence-electron chi connectivity index (χ1n) is 8.59. The number of aromatic amines is 1. The number of carbonyl (C=O) groups excluding carboxylic acids is 1. The number of benzene rings is 1. The van der Waals surface area contributed by atoms with Crippen molar-refractivity contribution in [2.24, 2.45) is 0 Å². The van der Waals surface area contributed by atoms with E-state index in [1.807, 2.05) is 6.07 Å². The quantitative estimate of drug-likeness (QED) is 0.693. The molecule has 136 valence electrons. The van der Waals surface area contributed by atoms with Gasteiger partial charge < -0.3 is 15.2 Å². The molecule has 1 aliphatic heterocycles. The molecule has 0 radical (unpaired) electrons. The van der Waals surface area contributed by atoms with Gasteiger partial charge in [-0.3, -0.25) is 9.59 Å². The van der Waals surface area contributed by atoms with Crippen molar-refractivity contribution in [1.29, 1.82) is 5.26 Å².